The van der Waals surface area contributed by atoms with Crippen molar-refractivity contribution in [1.29, 1.82) is 0 Å². The molecular weight excluding hydrogens is 177 g/mol. The Morgan fingerprint density at radius 2 is 2.11 bits per heavy atom. The first-order valence-electron chi connectivity index (χ1n) is 1.74. The molecule has 0 unspecified atom stereocenters. The van der Waals surface area contributed by atoms with E-state index >= 15 is 0 Å². The van der Waals surface area contributed by atoms with Crippen LogP contribution in [0.2, 0.25) is 0 Å². The minimum Gasteiger partial charge on any atom is -0.481 e. The predicted octanol–water partition coefficient (Wildman–Crippen LogP) is 0.646. The second-order valence-electron chi connectivity index (χ2n) is 0.965. The number of thioether (sulfide) groups is 1. The van der Waals surface area contributed by atoms with Crippen molar-refractivity contribution in [3.63, 3.8) is 0 Å². The van der Waals surface area contributed by atoms with Crippen LogP contribution in [-0.4, -0.2) is 74.0 Å². The fourth-order valence-corrected chi connectivity index (χ4v) is 0.403. The number of carbonyl (C=O) groups is 1. The van der Waals surface area contributed by atoms with Crippen LogP contribution in [0.3, 0.4) is 0 Å². The molecule has 0 bridgehead atoms. The number of halogens is 2. The maximum absolute atomic E-state index is 11.1. The number of carboxylic acid groups (broad SMARTS) is 1. The van der Waals surface area contributed by atoms with Crippen LogP contribution in [0.5, 0.6) is 0 Å². The summed E-state index contributed by atoms with van der Waals surface area (Å²) in [5, 5.41) is 7.81. The molecule has 0 rings (SSSR count). The van der Waals surface area contributed by atoms with Crippen molar-refractivity contribution in [3.8, 4) is 0 Å². The zero-order valence-corrected chi connectivity index (χ0v) is 8.74. The fraction of sp³-hybridized carbons (Fsp3) is 0.667. The van der Waals surface area contributed by atoms with Crippen LogP contribution in [0, 0.1) is 0 Å². The molecule has 0 fully saturated rings. The molecule has 0 amide bonds. The van der Waals surface area contributed by atoms with Crippen molar-refractivity contribution in [3.05, 3.63) is 0 Å². The number of hydrogen-bond acceptors (Lipinski definition) is 2. The summed E-state index contributed by atoms with van der Waals surface area (Å²) in [7, 11) is 0. The Bertz CT molecular complexity index is 89.9. The average Bonchev–Trinajstić information content (AvgIpc) is 1.61. The predicted molar refractivity (Wildman–Crippen MR) is 31.9 cm³/mol. The van der Waals surface area contributed by atoms with Crippen LogP contribution in [0.15, 0.2) is 0 Å². The molecule has 0 aromatic carbocycles. The van der Waals surface area contributed by atoms with Crippen LogP contribution < -0.4 is 0 Å². The SMILES string of the molecule is O=C(O)CSC(F)F.[K]. The molecule has 0 aliphatic rings. The minimum absolute atomic E-state index is 0. The summed E-state index contributed by atoms with van der Waals surface area (Å²) in [5.41, 5.74) is 0. The number of alkyl halides is 2. The molecule has 1 N–H and O–H groups in total. The van der Waals surface area contributed by atoms with Crippen molar-refractivity contribution in [2.75, 3.05) is 5.75 Å². The third kappa shape index (κ3) is 12.5. The molecular formula is C3H4F2KO2S. The number of aliphatic carboxylic acids is 1. The summed E-state index contributed by atoms with van der Waals surface area (Å²) in [4.78, 5) is 9.55. The first-order valence-corrected chi connectivity index (χ1v) is 2.79. The molecule has 0 saturated heterocycles. The first-order chi connectivity index (χ1) is 3.63. The van der Waals surface area contributed by atoms with Gasteiger partial charge in [-0.25, -0.2) is 0 Å². The van der Waals surface area contributed by atoms with Crippen LogP contribution >= 0.6 is 11.8 Å². The Balaban J connectivity index is 0. The van der Waals surface area contributed by atoms with Crippen molar-refractivity contribution in [1.82, 2.24) is 0 Å². The molecule has 1 radical (unpaired) electrons. The van der Waals surface area contributed by atoms with Gasteiger partial charge in [0.25, 0.3) is 5.76 Å². The van der Waals surface area contributed by atoms with Gasteiger partial charge >= 0.3 is 5.97 Å². The molecule has 49 valence electrons. The zero-order valence-electron chi connectivity index (χ0n) is 4.80. The van der Waals surface area contributed by atoms with E-state index in [1.807, 2.05) is 0 Å². The fourth-order valence-electron chi connectivity index (χ4n) is 0.134. The molecule has 0 atom stereocenters. The number of carboxylic acids is 1. The topological polar surface area (TPSA) is 37.3 Å². The van der Waals surface area contributed by atoms with Gasteiger partial charge in [0, 0.05) is 51.4 Å². The summed E-state index contributed by atoms with van der Waals surface area (Å²) < 4.78 is 22.2. The van der Waals surface area contributed by atoms with E-state index in [1.165, 1.54) is 0 Å². The summed E-state index contributed by atoms with van der Waals surface area (Å²) >= 11 is 0.106. The minimum atomic E-state index is -2.58. The van der Waals surface area contributed by atoms with E-state index in [1.54, 1.807) is 0 Å². The van der Waals surface area contributed by atoms with E-state index in [9.17, 15) is 13.6 Å². The van der Waals surface area contributed by atoms with Gasteiger partial charge in [0.15, 0.2) is 0 Å². The van der Waals surface area contributed by atoms with Gasteiger partial charge in [-0.2, -0.15) is 8.78 Å². The average molecular weight is 181 g/mol. The second-order valence-corrected chi connectivity index (χ2v) is 1.94. The molecule has 9 heavy (non-hydrogen) atoms. The molecule has 0 aliphatic carbocycles. The van der Waals surface area contributed by atoms with Gasteiger partial charge in [0.1, 0.15) is 0 Å². The number of rotatable bonds is 3. The Hall–Kier alpha value is 1.32. The van der Waals surface area contributed by atoms with Gasteiger partial charge in [-0.1, -0.05) is 11.8 Å². The smallest absolute Gasteiger partial charge is 0.313 e. The molecule has 0 spiro atoms. The Kier molecular flexibility index (Phi) is 10.7. The number of hydrogen-bond donors (Lipinski definition) is 1. The second kappa shape index (κ2) is 7.42. The summed E-state index contributed by atoms with van der Waals surface area (Å²) in [6.45, 7) is 0. The van der Waals surface area contributed by atoms with Gasteiger partial charge in [-0.05, 0) is 0 Å². The van der Waals surface area contributed by atoms with Crippen LogP contribution in [0.25, 0.3) is 0 Å². The van der Waals surface area contributed by atoms with Gasteiger partial charge in [0.2, 0.25) is 0 Å². The van der Waals surface area contributed by atoms with Crippen molar-refractivity contribution < 1.29 is 18.7 Å². The third-order valence-corrected chi connectivity index (χ3v) is 0.998. The van der Waals surface area contributed by atoms with Crippen LogP contribution in [0.4, 0.5) is 8.78 Å². The van der Waals surface area contributed by atoms with E-state index < -0.39 is 17.5 Å². The Morgan fingerprint density at radius 1 is 1.67 bits per heavy atom. The molecule has 0 heterocycles. The van der Waals surface area contributed by atoms with Gasteiger partial charge in [-0.15, -0.1) is 0 Å². The maximum atomic E-state index is 11.1. The maximum Gasteiger partial charge on any atom is 0.313 e. The quantitative estimate of drug-likeness (QED) is 0.649. The largest absolute Gasteiger partial charge is 0.481 e. The monoisotopic (exact) mass is 181 g/mol. The molecule has 0 aromatic heterocycles. The molecule has 0 aliphatic heterocycles. The van der Waals surface area contributed by atoms with Gasteiger partial charge in [-0.3, -0.25) is 4.79 Å². The Labute approximate surface area is 97.8 Å². The van der Waals surface area contributed by atoms with E-state index in [-0.39, 0.29) is 63.1 Å². The van der Waals surface area contributed by atoms with E-state index in [2.05, 4.69) is 0 Å². The normalized spacial score (nSPS) is 8.78. The molecule has 0 saturated carbocycles. The third-order valence-electron chi connectivity index (χ3n) is 0.333. The van der Waals surface area contributed by atoms with Crippen LogP contribution in [-0.2, 0) is 4.79 Å². The van der Waals surface area contributed by atoms with E-state index in [4.69, 9.17) is 5.11 Å². The van der Waals surface area contributed by atoms with Gasteiger partial charge < -0.3 is 5.11 Å². The van der Waals surface area contributed by atoms with E-state index in [0.29, 0.717) is 0 Å². The Morgan fingerprint density at radius 3 is 2.22 bits per heavy atom. The molecule has 6 heteroatoms. The standard InChI is InChI=1S/C3H4F2O2S.K/c4-3(5)8-1-2(6)7;/h3H,1H2,(H,6,7);. The molecule has 0 aromatic rings. The van der Waals surface area contributed by atoms with Gasteiger partial charge in [0.05, 0.1) is 5.75 Å². The van der Waals surface area contributed by atoms with Crippen LogP contribution in [0.1, 0.15) is 0 Å². The van der Waals surface area contributed by atoms with Crippen molar-refractivity contribution in [2.45, 2.75) is 5.76 Å². The summed E-state index contributed by atoms with van der Waals surface area (Å²) in [6.07, 6.45) is 0. The first kappa shape index (κ1) is 12.9. The van der Waals surface area contributed by atoms with Crippen molar-refractivity contribution >= 4 is 69.1 Å². The summed E-state index contributed by atoms with van der Waals surface area (Å²) in [5.74, 6) is -4.32. The molecule has 2 nitrogen and oxygen atoms in total. The van der Waals surface area contributed by atoms with E-state index in [0.717, 1.165) is 0 Å². The van der Waals surface area contributed by atoms with Crippen molar-refractivity contribution in [2.24, 2.45) is 0 Å². The zero-order chi connectivity index (χ0) is 6.57. The summed E-state index contributed by atoms with van der Waals surface area (Å²) in [6, 6.07) is 0.